The van der Waals surface area contributed by atoms with Crippen molar-refractivity contribution in [3.8, 4) is 17.2 Å². The summed E-state index contributed by atoms with van der Waals surface area (Å²) < 4.78 is 16.7. The van der Waals surface area contributed by atoms with E-state index >= 15 is 0 Å². The summed E-state index contributed by atoms with van der Waals surface area (Å²) in [6.45, 7) is 2.36. The fourth-order valence-electron chi connectivity index (χ4n) is 2.23. The van der Waals surface area contributed by atoms with E-state index in [4.69, 9.17) is 19.9 Å². The van der Waals surface area contributed by atoms with Gasteiger partial charge in [0.25, 0.3) is 11.8 Å². The van der Waals surface area contributed by atoms with E-state index in [1.54, 1.807) is 36.4 Å². The molecular weight excluding hydrogens is 442 g/mol. The van der Waals surface area contributed by atoms with Gasteiger partial charge >= 0.3 is 0 Å². The van der Waals surface area contributed by atoms with Crippen LogP contribution in [-0.2, 0) is 4.79 Å². The van der Waals surface area contributed by atoms with Gasteiger partial charge in [0.05, 0.1) is 24.4 Å². The van der Waals surface area contributed by atoms with E-state index in [2.05, 4.69) is 26.5 Å². The van der Waals surface area contributed by atoms with Gasteiger partial charge in [-0.15, -0.1) is 0 Å². The number of ether oxygens (including phenoxy) is 3. The average Bonchev–Trinajstić information content (AvgIpc) is 2.71. The van der Waals surface area contributed by atoms with Crippen molar-refractivity contribution in [2.24, 2.45) is 10.8 Å². The zero-order chi connectivity index (χ0) is 21.2. The van der Waals surface area contributed by atoms with Crippen LogP contribution >= 0.6 is 15.9 Å². The molecule has 3 N–H and O–H groups in total. The molecule has 0 spiro atoms. The summed E-state index contributed by atoms with van der Waals surface area (Å²) in [5, 5.41) is 3.96. The lowest BCUT2D eigenvalue weighted by atomic mass is 10.2. The minimum atomic E-state index is -0.563. The first-order valence-electron chi connectivity index (χ1n) is 8.79. The lowest BCUT2D eigenvalue weighted by Gasteiger charge is -2.11. The second-order valence-corrected chi connectivity index (χ2v) is 6.71. The Balaban J connectivity index is 2.00. The van der Waals surface area contributed by atoms with Crippen LogP contribution in [0, 0.1) is 0 Å². The quantitative estimate of drug-likeness (QED) is 0.415. The summed E-state index contributed by atoms with van der Waals surface area (Å²) >= 11 is 3.34. The Morgan fingerprint density at radius 3 is 2.55 bits per heavy atom. The fraction of sp³-hybridized carbons (Fsp3) is 0.250. The third-order valence-corrected chi connectivity index (χ3v) is 4.21. The van der Waals surface area contributed by atoms with Crippen molar-refractivity contribution in [3.63, 3.8) is 0 Å². The van der Waals surface area contributed by atoms with Crippen LogP contribution in [0.15, 0.2) is 46.0 Å². The topological polar surface area (TPSA) is 112 Å². The number of carbonyl (C=O) groups is 2. The number of halogens is 1. The largest absolute Gasteiger partial charge is 0.493 e. The first kappa shape index (κ1) is 22.2. The molecule has 0 saturated carbocycles. The number of methoxy groups -OCH3 is 1. The molecule has 0 fully saturated rings. The molecule has 9 heteroatoms. The van der Waals surface area contributed by atoms with Gasteiger partial charge in [0, 0.05) is 5.56 Å². The summed E-state index contributed by atoms with van der Waals surface area (Å²) in [5.41, 5.74) is 8.62. The molecule has 2 amide bonds. The van der Waals surface area contributed by atoms with Crippen molar-refractivity contribution in [1.29, 1.82) is 0 Å². The Morgan fingerprint density at radius 1 is 1.14 bits per heavy atom. The summed E-state index contributed by atoms with van der Waals surface area (Å²) in [5.74, 6) is 0.583. The Bertz CT molecular complexity index is 902. The number of rotatable bonds is 10. The number of hydrogen-bond donors (Lipinski definition) is 2. The van der Waals surface area contributed by atoms with Gasteiger partial charge in [-0.05, 0) is 64.3 Å². The Kier molecular flexibility index (Phi) is 8.47. The zero-order valence-corrected chi connectivity index (χ0v) is 17.7. The highest BCUT2D eigenvalue weighted by molar-refractivity contribution is 9.10. The molecule has 0 aromatic heterocycles. The second kappa shape index (κ2) is 11.1. The molecule has 0 aliphatic rings. The van der Waals surface area contributed by atoms with Gasteiger partial charge in [-0.1, -0.05) is 6.92 Å². The molecule has 0 unspecified atom stereocenters. The van der Waals surface area contributed by atoms with E-state index in [9.17, 15) is 9.59 Å². The molecule has 0 bridgehead atoms. The molecular formula is C20H22BrN3O5. The molecule has 0 radical (unpaired) electrons. The lowest BCUT2D eigenvalue weighted by molar-refractivity contribution is -0.119. The van der Waals surface area contributed by atoms with Crippen molar-refractivity contribution in [3.05, 3.63) is 52.0 Å². The van der Waals surface area contributed by atoms with Gasteiger partial charge in [0.2, 0.25) is 0 Å². The molecule has 2 rings (SSSR count). The van der Waals surface area contributed by atoms with Crippen molar-refractivity contribution in [2.75, 3.05) is 20.3 Å². The molecule has 29 heavy (non-hydrogen) atoms. The van der Waals surface area contributed by atoms with Crippen LogP contribution in [0.25, 0.3) is 0 Å². The normalized spacial score (nSPS) is 10.6. The van der Waals surface area contributed by atoms with E-state index in [-0.39, 0.29) is 12.5 Å². The Hall–Kier alpha value is -3.07. The van der Waals surface area contributed by atoms with Crippen molar-refractivity contribution in [2.45, 2.75) is 13.3 Å². The average molecular weight is 464 g/mol. The number of hydrazone groups is 1. The number of amides is 2. The number of primary amides is 1. The number of benzene rings is 2. The predicted octanol–water partition coefficient (Wildman–Crippen LogP) is 2.87. The Morgan fingerprint density at radius 2 is 1.90 bits per heavy atom. The molecule has 2 aromatic rings. The summed E-state index contributed by atoms with van der Waals surface area (Å²) in [4.78, 5) is 23.1. The van der Waals surface area contributed by atoms with Crippen LogP contribution in [0.2, 0.25) is 0 Å². The van der Waals surface area contributed by atoms with Crippen LogP contribution in [-0.4, -0.2) is 38.4 Å². The highest BCUT2D eigenvalue weighted by atomic mass is 79.9. The maximum Gasteiger partial charge on any atom is 0.271 e. The van der Waals surface area contributed by atoms with Gasteiger partial charge < -0.3 is 19.9 Å². The van der Waals surface area contributed by atoms with Crippen molar-refractivity contribution < 1.29 is 23.8 Å². The Labute approximate surface area is 177 Å². The van der Waals surface area contributed by atoms with E-state index in [1.807, 2.05) is 6.92 Å². The van der Waals surface area contributed by atoms with E-state index in [0.717, 1.165) is 6.42 Å². The van der Waals surface area contributed by atoms with Crippen LogP contribution in [0.5, 0.6) is 17.2 Å². The van der Waals surface area contributed by atoms with Crippen LogP contribution in [0.3, 0.4) is 0 Å². The van der Waals surface area contributed by atoms with Gasteiger partial charge in [-0.2, -0.15) is 5.10 Å². The summed E-state index contributed by atoms with van der Waals surface area (Å²) in [7, 11) is 1.52. The maximum atomic E-state index is 12.3. The van der Waals surface area contributed by atoms with Gasteiger partial charge in [-0.3, -0.25) is 9.59 Å². The molecule has 0 saturated heterocycles. The maximum absolute atomic E-state index is 12.3. The monoisotopic (exact) mass is 463 g/mol. The molecule has 0 heterocycles. The lowest BCUT2D eigenvalue weighted by Crippen LogP contribution is -2.20. The number of hydrogen-bond acceptors (Lipinski definition) is 6. The third-order valence-electron chi connectivity index (χ3n) is 3.59. The van der Waals surface area contributed by atoms with E-state index < -0.39 is 5.91 Å². The van der Waals surface area contributed by atoms with E-state index in [1.165, 1.54) is 13.3 Å². The van der Waals surface area contributed by atoms with Gasteiger partial charge in [-0.25, -0.2) is 5.43 Å². The highest BCUT2D eigenvalue weighted by Crippen LogP contribution is 2.28. The predicted molar refractivity (Wildman–Crippen MR) is 113 cm³/mol. The zero-order valence-electron chi connectivity index (χ0n) is 16.1. The van der Waals surface area contributed by atoms with Gasteiger partial charge in [0.15, 0.2) is 18.1 Å². The highest BCUT2D eigenvalue weighted by Gasteiger charge is 2.11. The second-order valence-electron chi connectivity index (χ2n) is 5.86. The minimum absolute atomic E-state index is 0.214. The van der Waals surface area contributed by atoms with Crippen molar-refractivity contribution in [1.82, 2.24) is 5.43 Å². The van der Waals surface area contributed by atoms with Gasteiger partial charge in [0.1, 0.15) is 5.75 Å². The molecule has 0 aliphatic carbocycles. The van der Waals surface area contributed by atoms with Crippen molar-refractivity contribution >= 4 is 34.0 Å². The minimum Gasteiger partial charge on any atom is -0.493 e. The first-order chi connectivity index (χ1) is 13.9. The smallest absolute Gasteiger partial charge is 0.271 e. The summed E-state index contributed by atoms with van der Waals surface area (Å²) in [6.07, 6.45) is 2.35. The number of nitrogens with two attached hydrogens (primary N) is 1. The molecule has 2 aromatic carbocycles. The number of nitrogens with zero attached hydrogens (tertiary/aromatic N) is 1. The molecule has 154 valence electrons. The van der Waals surface area contributed by atoms with E-state index in [0.29, 0.717) is 39.5 Å². The van der Waals surface area contributed by atoms with Crippen LogP contribution < -0.4 is 25.4 Å². The summed E-state index contributed by atoms with van der Waals surface area (Å²) in [6, 6.07) is 10.0. The SMILES string of the molecule is CCCOc1ccc(C(=O)N/N=C/c2ccc(OCC(N)=O)c(Br)c2)cc1OC. The fourth-order valence-corrected chi connectivity index (χ4v) is 2.74. The van der Waals surface area contributed by atoms with Crippen LogP contribution in [0.4, 0.5) is 0 Å². The first-order valence-corrected chi connectivity index (χ1v) is 9.58. The standard InChI is InChI=1S/C20H22BrN3O5/c1-3-8-28-17-7-5-14(10-18(17)27-2)20(26)24-23-11-13-4-6-16(15(21)9-13)29-12-19(22)25/h4-7,9-11H,3,8,12H2,1-2H3,(H2,22,25)(H,24,26)/b23-11+. The molecule has 0 atom stereocenters. The molecule has 8 nitrogen and oxygen atoms in total. The number of carbonyl (C=O) groups excluding carboxylic acids is 2. The number of nitrogens with one attached hydrogen (secondary N) is 1. The third kappa shape index (κ3) is 6.79. The molecule has 0 aliphatic heterocycles. The van der Waals surface area contributed by atoms with Crippen LogP contribution in [0.1, 0.15) is 29.3 Å².